The molecule has 0 aromatic carbocycles. The summed E-state index contributed by atoms with van der Waals surface area (Å²) in [6.07, 6.45) is -1.47. The third-order valence-electron chi connectivity index (χ3n) is 7.18. The van der Waals surface area contributed by atoms with Crippen LogP contribution in [0.3, 0.4) is 0 Å². The Morgan fingerprint density at radius 1 is 0.864 bits per heavy atom. The van der Waals surface area contributed by atoms with Crippen molar-refractivity contribution in [3.8, 4) is 0 Å². The average molecular weight is 623 g/mol. The van der Waals surface area contributed by atoms with Crippen LogP contribution in [0.2, 0.25) is 0 Å². The van der Waals surface area contributed by atoms with Crippen molar-refractivity contribution >= 4 is 29.6 Å². The Kier molecular flexibility index (Phi) is 16.1. The van der Waals surface area contributed by atoms with E-state index in [1.165, 1.54) is 0 Å². The molecule has 0 radical (unpaired) electrons. The van der Waals surface area contributed by atoms with Gasteiger partial charge in [-0.25, -0.2) is 0 Å². The highest BCUT2D eigenvalue weighted by molar-refractivity contribution is 5.91. The fraction of sp³-hybridized carbons (Fsp3) is 0.742. The molecule has 0 spiro atoms. The van der Waals surface area contributed by atoms with E-state index in [9.17, 15) is 34.2 Å². The second kappa shape index (κ2) is 18.4. The molecule has 5 unspecified atom stereocenters. The number of carbonyl (C=O) groups excluding carboxylic acids is 4. The molecule has 5 atom stereocenters. The number of nitrogens with one attached hydrogen (secondary N) is 4. The predicted octanol–water partition coefficient (Wildman–Crippen LogP) is 1.68. The van der Waals surface area contributed by atoms with Gasteiger partial charge in [0.1, 0.15) is 12.1 Å². The normalized spacial score (nSPS) is 14.9. The number of aliphatic hydroxyl groups excluding tert-OH is 1. The standard InChI is InChI=1S/C31H54N6O7/c1-17(2)12-23(25(38)13-20(7)29(42)35-28(19(5)6)31(44)32-16-18(3)4)34-30(43)24(15-27(40)41)33-26(39)10-11-37-22(9)14-21(8)36-37/h14,17-20,23-25,28,38H,10-13,15-16H2,1-9H3,(H,32,44)(H,33,39)(H,34,43)(H,35,42)(H,40,41). The summed E-state index contributed by atoms with van der Waals surface area (Å²) in [5.41, 5.74) is 1.68. The third-order valence-corrected chi connectivity index (χ3v) is 7.18. The van der Waals surface area contributed by atoms with Crippen molar-refractivity contribution in [2.75, 3.05) is 6.54 Å². The summed E-state index contributed by atoms with van der Waals surface area (Å²) in [6.45, 7) is 17.5. The summed E-state index contributed by atoms with van der Waals surface area (Å²) in [6, 6.07) is -1.04. The van der Waals surface area contributed by atoms with Crippen LogP contribution in [0.5, 0.6) is 0 Å². The number of hydrogen-bond acceptors (Lipinski definition) is 7. The van der Waals surface area contributed by atoms with Gasteiger partial charge < -0.3 is 31.5 Å². The molecule has 0 saturated carbocycles. The summed E-state index contributed by atoms with van der Waals surface area (Å²) in [4.78, 5) is 63.1. The molecule has 13 nitrogen and oxygen atoms in total. The molecule has 250 valence electrons. The number of aromatic nitrogens is 2. The molecule has 0 aliphatic carbocycles. The number of carboxylic acids is 1. The van der Waals surface area contributed by atoms with Gasteiger partial charge in [-0.3, -0.25) is 28.7 Å². The smallest absolute Gasteiger partial charge is 0.305 e. The zero-order valence-electron chi connectivity index (χ0n) is 27.8. The van der Waals surface area contributed by atoms with Crippen LogP contribution in [0.1, 0.15) is 85.5 Å². The van der Waals surface area contributed by atoms with E-state index < -0.39 is 60.3 Å². The summed E-state index contributed by atoms with van der Waals surface area (Å²) >= 11 is 0. The summed E-state index contributed by atoms with van der Waals surface area (Å²) in [5, 5.41) is 35.7. The van der Waals surface area contributed by atoms with Gasteiger partial charge in [0.05, 0.1) is 24.3 Å². The van der Waals surface area contributed by atoms with Crippen LogP contribution in [-0.2, 0) is 30.5 Å². The molecule has 6 N–H and O–H groups in total. The van der Waals surface area contributed by atoms with Gasteiger partial charge in [-0.1, -0.05) is 48.5 Å². The second-order valence-corrected chi connectivity index (χ2v) is 12.9. The zero-order valence-corrected chi connectivity index (χ0v) is 27.8. The van der Waals surface area contributed by atoms with E-state index in [-0.39, 0.29) is 43.0 Å². The maximum absolute atomic E-state index is 13.2. The van der Waals surface area contributed by atoms with Crippen molar-refractivity contribution in [2.45, 2.75) is 119 Å². The van der Waals surface area contributed by atoms with Crippen LogP contribution >= 0.6 is 0 Å². The number of aliphatic carboxylic acids is 1. The third kappa shape index (κ3) is 13.9. The molecule has 1 rings (SSSR count). The van der Waals surface area contributed by atoms with Crippen molar-refractivity contribution in [3.05, 3.63) is 17.5 Å². The number of amides is 4. The van der Waals surface area contributed by atoms with Crippen molar-refractivity contribution in [1.29, 1.82) is 0 Å². The Hall–Kier alpha value is -3.48. The first-order chi connectivity index (χ1) is 20.4. The quantitative estimate of drug-likeness (QED) is 0.134. The highest BCUT2D eigenvalue weighted by Crippen LogP contribution is 2.17. The molecule has 4 amide bonds. The Morgan fingerprint density at radius 2 is 1.50 bits per heavy atom. The lowest BCUT2D eigenvalue weighted by molar-refractivity contribution is -0.141. The molecule has 1 aromatic heterocycles. The first kappa shape index (κ1) is 38.5. The van der Waals surface area contributed by atoms with Gasteiger partial charge in [-0.15, -0.1) is 0 Å². The zero-order chi connectivity index (χ0) is 33.7. The molecule has 13 heteroatoms. The SMILES string of the molecule is Cc1cc(C)n(CCC(=O)NC(CC(=O)O)C(=O)NC(CC(C)C)C(O)CC(C)C(=O)NC(C(=O)NCC(C)C)C(C)C)n1. The molecule has 0 saturated heterocycles. The highest BCUT2D eigenvalue weighted by Gasteiger charge is 2.32. The average Bonchev–Trinajstić information content (AvgIpc) is 3.23. The van der Waals surface area contributed by atoms with E-state index >= 15 is 0 Å². The lowest BCUT2D eigenvalue weighted by Crippen LogP contribution is -2.54. The minimum Gasteiger partial charge on any atom is -0.481 e. The Bertz CT molecular complexity index is 1120. The fourth-order valence-electron chi connectivity index (χ4n) is 4.74. The van der Waals surface area contributed by atoms with Crippen molar-refractivity contribution in [2.24, 2.45) is 23.7 Å². The van der Waals surface area contributed by atoms with Crippen molar-refractivity contribution in [3.63, 3.8) is 0 Å². The van der Waals surface area contributed by atoms with Crippen LogP contribution in [0.25, 0.3) is 0 Å². The van der Waals surface area contributed by atoms with E-state index in [0.717, 1.165) is 11.4 Å². The molecule has 1 heterocycles. The van der Waals surface area contributed by atoms with E-state index in [1.54, 1.807) is 11.6 Å². The fourth-order valence-corrected chi connectivity index (χ4v) is 4.74. The van der Waals surface area contributed by atoms with E-state index in [1.807, 2.05) is 61.5 Å². The molecule has 1 aromatic rings. The minimum absolute atomic E-state index is 0.0110. The van der Waals surface area contributed by atoms with Crippen LogP contribution in [0, 0.1) is 37.5 Å². The van der Waals surface area contributed by atoms with Gasteiger partial charge in [-0.2, -0.15) is 5.10 Å². The van der Waals surface area contributed by atoms with E-state index in [0.29, 0.717) is 13.0 Å². The molecular weight excluding hydrogens is 568 g/mol. The Morgan fingerprint density at radius 3 is 2.00 bits per heavy atom. The first-order valence-corrected chi connectivity index (χ1v) is 15.5. The number of aliphatic hydroxyl groups is 1. The van der Waals surface area contributed by atoms with E-state index in [4.69, 9.17) is 0 Å². The number of aryl methyl sites for hydroxylation is 3. The molecule has 0 bridgehead atoms. The van der Waals surface area contributed by atoms with Crippen LogP contribution in [-0.4, -0.2) is 80.4 Å². The lowest BCUT2D eigenvalue weighted by Gasteiger charge is -2.30. The molecule has 0 fully saturated rings. The second-order valence-electron chi connectivity index (χ2n) is 12.9. The molecule has 44 heavy (non-hydrogen) atoms. The van der Waals surface area contributed by atoms with E-state index in [2.05, 4.69) is 26.4 Å². The Labute approximate surface area is 261 Å². The first-order valence-electron chi connectivity index (χ1n) is 15.5. The topological polar surface area (TPSA) is 192 Å². The van der Waals surface area contributed by atoms with Gasteiger partial charge in [-0.05, 0) is 50.5 Å². The maximum Gasteiger partial charge on any atom is 0.305 e. The van der Waals surface area contributed by atoms with Crippen LogP contribution in [0.15, 0.2) is 6.07 Å². The predicted molar refractivity (Wildman–Crippen MR) is 166 cm³/mol. The largest absolute Gasteiger partial charge is 0.481 e. The van der Waals surface area contributed by atoms with Crippen LogP contribution in [0.4, 0.5) is 0 Å². The van der Waals surface area contributed by atoms with Gasteiger partial charge in [0, 0.05) is 31.1 Å². The van der Waals surface area contributed by atoms with Gasteiger partial charge in [0.2, 0.25) is 23.6 Å². The minimum atomic E-state index is -1.36. The lowest BCUT2D eigenvalue weighted by atomic mass is 9.91. The number of nitrogens with zero attached hydrogens (tertiary/aromatic N) is 2. The molecule has 0 aliphatic rings. The van der Waals surface area contributed by atoms with Gasteiger partial charge in [0.15, 0.2) is 0 Å². The Balaban J connectivity index is 2.91. The molecular formula is C31H54N6O7. The monoisotopic (exact) mass is 622 g/mol. The summed E-state index contributed by atoms with van der Waals surface area (Å²) in [5.74, 6) is -3.77. The molecule has 0 aliphatic heterocycles. The van der Waals surface area contributed by atoms with Crippen molar-refractivity contribution in [1.82, 2.24) is 31.0 Å². The maximum atomic E-state index is 13.2. The number of rotatable bonds is 19. The number of carbonyl (C=O) groups is 5. The summed E-state index contributed by atoms with van der Waals surface area (Å²) in [7, 11) is 0. The number of carboxylic acid groups (broad SMARTS) is 1. The summed E-state index contributed by atoms with van der Waals surface area (Å²) < 4.78 is 1.66. The number of hydrogen-bond donors (Lipinski definition) is 6. The highest BCUT2D eigenvalue weighted by atomic mass is 16.4. The van der Waals surface area contributed by atoms with Gasteiger partial charge in [0.25, 0.3) is 0 Å². The van der Waals surface area contributed by atoms with Crippen LogP contribution < -0.4 is 21.3 Å². The van der Waals surface area contributed by atoms with Gasteiger partial charge >= 0.3 is 5.97 Å². The van der Waals surface area contributed by atoms with Crippen molar-refractivity contribution < 1.29 is 34.2 Å².